The standard InChI is InChI=1S/C22H19F3N2O3S/c1-14(2)31(29,30)18-11-9-17(10-12-18)27-21(28)16-7-5-15(6-8-16)20-19(22(23,24)25)4-3-13-26-20/h3-14H,1-2H3,(H,27,28). The molecule has 9 heteroatoms. The van der Waals surface area contributed by atoms with E-state index in [0.29, 0.717) is 5.69 Å². The second-order valence-electron chi connectivity index (χ2n) is 7.05. The van der Waals surface area contributed by atoms with Gasteiger partial charge in [-0.1, -0.05) is 12.1 Å². The molecule has 0 saturated heterocycles. The van der Waals surface area contributed by atoms with Crippen molar-refractivity contribution >= 4 is 21.4 Å². The Labute approximate surface area is 177 Å². The van der Waals surface area contributed by atoms with Crippen molar-refractivity contribution in [2.45, 2.75) is 30.2 Å². The number of pyridine rings is 1. The third-order valence-electron chi connectivity index (χ3n) is 4.59. The van der Waals surface area contributed by atoms with Crippen LogP contribution in [0.1, 0.15) is 29.8 Å². The molecule has 3 aromatic rings. The Balaban J connectivity index is 1.78. The summed E-state index contributed by atoms with van der Waals surface area (Å²) in [5, 5.41) is 2.07. The molecule has 1 heterocycles. The van der Waals surface area contributed by atoms with Crippen LogP contribution in [0.2, 0.25) is 0 Å². The van der Waals surface area contributed by atoms with Crippen molar-refractivity contribution in [3.63, 3.8) is 0 Å². The number of amides is 1. The van der Waals surface area contributed by atoms with Crippen molar-refractivity contribution in [2.75, 3.05) is 5.32 Å². The highest BCUT2D eigenvalue weighted by atomic mass is 32.2. The number of nitrogens with zero attached hydrogens (tertiary/aromatic N) is 1. The summed E-state index contributed by atoms with van der Waals surface area (Å²) >= 11 is 0. The van der Waals surface area contributed by atoms with Crippen LogP contribution in [-0.4, -0.2) is 24.6 Å². The lowest BCUT2D eigenvalue weighted by atomic mass is 10.0. The van der Waals surface area contributed by atoms with Gasteiger partial charge in [0, 0.05) is 23.0 Å². The maximum Gasteiger partial charge on any atom is 0.418 e. The van der Waals surface area contributed by atoms with Crippen LogP contribution < -0.4 is 5.32 Å². The van der Waals surface area contributed by atoms with Gasteiger partial charge in [-0.15, -0.1) is 0 Å². The lowest BCUT2D eigenvalue weighted by Gasteiger charge is -2.12. The quantitative estimate of drug-likeness (QED) is 0.582. The third-order valence-corrected chi connectivity index (χ3v) is 6.77. The monoisotopic (exact) mass is 448 g/mol. The van der Waals surface area contributed by atoms with Gasteiger partial charge in [-0.25, -0.2) is 8.42 Å². The predicted molar refractivity (Wildman–Crippen MR) is 111 cm³/mol. The summed E-state index contributed by atoms with van der Waals surface area (Å²) in [5.41, 5.74) is -0.228. The second kappa shape index (κ2) is 8.50. The number of hydrogen-bond acceptors (Lipinski definition) is 4. The molecule has 162 valence electrons. The molecule has 0 fully saturated rings. The fourth-order valence-electron chi connectivity index (χ4n) is 2.85. The maximum atomic E-state index is 13.2. The minimum absolute atomic E-state index is 0.153. The van der Waals surface area contributed by atoms with Gasteiger partial charge in [0.1, 0.15) is 0 Å². The first-order valence-electron chi connectivity index (χ1n) is 9.28. The van der Waals surface area contributed by atoms with Crippen molar-refractivity contribution < 1.29 is 26.4 Å². The van der Waals surface area contributed by atoms with Gasteiger partial charge in [0.15, 0.2) is 9.84 Å². The van der Waals surface area contributed by atoms with Gasteiger partial charge in [-0.05, 0) is 62.4 Å². The van der Waals surface area contributed by atoms with Crippen LogP contribution in [0.15, 0.2) is 71.8 Å². The number of rotatable bonds is 5. The van der Waals surface area contributed by atoms with E-state index in [1.54, 1.807) is 13.8 Å². The van der Waals surface area contributed by atoms with Gasteiger partial charge < -0.3 is 5.32 Å². The van der Waals surface area contributed by atoms with Crippen LogP contribution in [-0.2, 0) is 16.0 Å². The Hall–Kier alpha value is -3.20. The average Bonchev–Trinajstić information content (AvgIpc) is 2.73. The van der Waals surface area contributed by atoms with Crippen molar-refractivity contribution in [1.29, 1.82) is 0 Å². The van der Waals surface area contributed by atoms with Crippen LogP contribution >= 0.6 is 0 Å². The van der Waals surface area contributed by atoms with Crippen molar-refractivity contribution in [3.8, 4) is 11.3 Å². The molecule has 0 aliphatic heterocycles. The highest BCUT2D eigenvalue weighted by molar-refractivity contribution is 7.92. The molecule has 1 N–H and O–H groups in total. The summed E-state index contributed by atoms with van der Waals surface area (Å²) in [5.74, 6) is -0.483. The van der Waals surface area contributed by atoms with E-state index in [0.717, 1.165) is 6.07 Å². The summed E-state index contributed by atoms with van der Waals surface area (Å²) in [6, 6.07) is 13.5. The van der Waals surface area contributed by atoms with Crippen molar-refractivity contribution in [3.05, 3.63) is 78.0 Å². The first-order chi connectivity index (χ1) is 14.5. The summed E-state index contributed by atoms with van der Waals surface area (Å²) in [6.07, 6.45) is -3.27. The van der Waals surface area contributed by atoms with Gasteiger partial charge >= 0.3 is 6.18 Å². The molecule has 1 aromatic heterocycles. The van der Waals surface area contributed by atoms with Crippen molar-refractivity contribution in [1.82, 2.24) is 4.98 Å². The first-order valence-corrected chi connectivity index (χ1v) is 10.8. The van der Waals surface area contributed by atoms with Gasteiger partial charge in [-0.2, -0.15) is 13.2 Å². The summed E-state index contributed by atoms with van der Waals surface area (Å²) < 4.78 is 63.9. The smallest absolute Gasteiger partial charge is 0.322 e. The second-order valence-corrected chi connectivity index (χ2v) is 9.55. The third kappa shape index (κ3) is 4.93. The predicted octanol–water partition coefficient (Wildman–Crippen LogP) is 5.20. The number of benzene rings is 2. The van der Waals surface area contributed by atoms with Crippen LogP contribution in [0.3, 0.4) is 0 Å². The largest absolute Gasteiger partial charge is 0.418 e. The number of carbonyl (C=O) groups excluding carboxylic acids is 1. The Morgan fingerprint density at radius 2 is 1.58 bits per heavy atom. The molecule has 2 aromatic carbocycles. The minimum Gasteiger partial charge on any atom is -0.322 e. The van der Waals surface area contributed by atoms with E-state index in [1.807, 2.05) is 0 Å². The molecule has 1 amide bonds. The molecule has 0 unspecified atom stereocenters. The molecule has 0 saturated carbocycles. The van der Waals surface area contributed by atoms with E-state index in [-0.39, 0.29) is 21.7 Å². The number of nitrogens with one attached hydrogen (secondary N) is 1. The molecule has 5 nitrogen and oxygen atoms in total. The first kappa shape index (κ1) is 22.5. The SMILES string of the molecule is CC(C)S(=O)(=O)c1ccc(NC(=O)c2ccc(-c3ncccc3C(F)(F)F)cc2)cc1. The molecular formula is C22H19F3N2O3S. The van der Waals surface area contributed by atoms with E-state index < -0.39 is 32.7 Å². The zero-order chi connectivity index (χ0) is 22.8. The van der Waals surface area contributed by atoms with E-state index in [9.17, 15) is 26.4 Å². The lowest BCUT2D eigenvalue weighted by molar-refractivity contribution is -0.137. The number of anilines is 1. The summed E-state index contributed by atoms with van der Waals surface area (Å²) in [7, 11) is -3.42. The van der Waals surface area contributed by atoms with E-state index in [1.165, 1.54) is 60.8 Å². The average molecular weight is 448 g/mol. The number of halogens is 3. The zero-order valence-corrected chi connectivity index (χ0v) is 17.5. The van der Waals surface area contributed by atoms with E-state index >= 15 is 0 Å². The Bertz CT molecular complexity index is 1190. The normalized spacial score (nSPS) is 12.1. The van der Waals surface area contributed by atoms with Crippen LogP contribution in [0.5, 0.6) is 0 Å². The zero-order valence-electron chi connectivity index (χ0n) is 16.6. The van der Waals surface area contributed by atoms with Gasteiger partial charge in [0.25, 0.3) is 5.91 Å². The molecular weight excluding hydrogens is 429 g/mol. The Morgan fingerprint density at radius 1 is 0.968 bits per heavy atom. The van der Waals surface area contributed by atoms with E-state index in [2.05, 4.69) is 10.3 Å². The fourth-order valence-corrected chi connectivity index (χ4v) is 3.91. The van der Waals surface area contributed by atoms with Gasteiger partial charge in [-0.3, -0.25) is 9.78 Å². The highest BCUT2D eigenvalue weighted by Gasteiger charge is 2.34. The van der Waals surface area contributed by atoms with Gasteiger partial charge in [0.05, 0.1) is 21.4 Å². The Kier molecular flexibility index (Phi) is 6.17. The number of alkyl halides is 3. The lowest BCUT2D eigenvalue weighted by Crippen LogP contribution is -2.15. The summed E-state index contributed by atoms with van der Waals surface area (Å²) in [4.78, 5) is 16.4. The molecule has 3 rings (SSSR count). The number of carbonyl (C=O) groups is 1. The molecule has 0 radical (unpaired) electrons. The molecule has 0 aliphatic carbocycles. The fraction of sp³-hybridized carbons (Fsp3) is 0.182. The topological polar surface area (TPSA) is 76.1 Å². The minimum atomic E-state index is -4.55. The molecule has 31 heavy (non-hydrogen) atoms. The highest BCUT2D eigenvalue weighted by Crippen LogP contribution is 2.35. The van der Waals surface area contributed by atoms with Gasteiger partial charge in [0.2, 0.25) is 0 Å². The number of aromatic nitrogens is 1. The van der Waals surface area contributed by atoms with Crippen LogP contribution in [0, 0.1) is 0 Å². The van der Waals surface area contributed by atoms with E-state index in [4.69, 9.17) is 0 Å². The van der Waals surface area contributed by atoms with Crippen LogP contribution in [0.4, 0.5) is 18.9 Å². The van der Waals surface area contributed by atoms with Crippen LogP contribution in [0.25, 0.3) is 11.3 Å². The molecule has 0 bridgehead atoms. The molecule has 0 aliphatic rings. The number of sulfone groups is 1. The molecule has 0 atom stereocenters. The number of hydrogen-bond donors (Lipinski definition) is 1. The van der Waals surface area contributed by atoms with Crippen molar-refractivity contribution in [2.24, 2.45) is 0 Å². The Morgan fingerprint density at radius 3 is 2.13 bits per heavy atom. The molecule has 0 spiro atoms. The maximum absolute atomic E-state index is 13.2. The summed E-state index contributed by atoms with van der Waals surface area (Å²) in [6.45, 7) is 3.16.